The molecule has 1 fully saturated rings. The molecular formula is C20H21ClN2O2S2. The summed E-state index contributed by atoms with van der Waals surface area (Å²) in [6.45, 7) is 5.60. The molecule has 1 amide bonds. The Labute approximate surface area is 171 Å². The zero-order valence-corrected chi connectivity index (χ0v) is 17.7. The minimum atomic E-state index is -0.0625. The first kappa shape index (κ1) is 18.9. The third kappa shape index (κ3) is 3.90. The van der Waals surface area contributed by atoms with E-state index >= 15 is 0 Å². The van der Waals surface area contributed by atoms with Gasteiger partial charge >= 0.3 is 0 Å². The number of para-hydroxylation sites is 1. The minimum absolute atomic E-state index is 0.0564. The van der Waals surface area contributed by atoms with Crippen molar-refractivity contribution in [3.05, 3.63) is 45.1 Å². The number of halogens is 1. The van der Waals surface area contributed by atoms with E-state index < -0.39 is 0 Å². The van der Waals surface area contributed by atoms with E-state index in [-0.39, 0.29) is 12.0 Å². The summed E-state index contributed by atoms with van der Waals surface area (Å²) < 4.78 is 7.51. The summed E-state index contributed by atoms with van der Waals surface area (Å²) >= 11 is 8.92. The third-order valence-corrected chi connectivity index (χ3v) is 6.99. The number of benzene rings is 1. The second-order valence-electron chi connectivity index (χ2n) is 7.00. The molecule has 142 valence electrons. The fraction of sp³-hybridized carbons (Fsp3) is 0.400. The van der Waals surface area contributed by atoms with Crippen molar-refractivity contribution < 1.29 is 9.53 Å². The van der Waals surface area contributed by atoms with Crippen LogP contribution in [0.25, 0.3) is 10.2 Å². The van der Waals surface area contributed by atoms with Gasteiger partial charge < -0.3 is 4.74 Å². The normalized spacial score (nSPS) is 17.1. The summed E-state index contributed by atoms with van der Waals surface area (Å²) in [6, 6.07) is 9.79. The number of anilines is 1. The molecule has 0 aliphatic carbocycles. The Morgan fingerprint density at radius 3 is 2.85 bits per heavy atom. The molecule has 1 aliphatic heterocycles. The quantitative estimate of drug-likeness (QED) is 0.511. The molecule has 4 rings (SSSR count). The van der Waals surface area contributed by atoms with Crippen LogP contribution in [0.1, 0.15) is 47.8 Å². The highest BCUT2D eigenvalue weighted by atomic mass is 35.5. The maximum Gasteiger partial charge on any atom is 0.270 e. The van der Waals surface area contributed by atoms with Gasteiger partial charge in [0.15, 0.2) is 5.13 Å². The predicted octanol–water partition coefficient (Wildman–Crippen LogP) is 5.96. The Kier molecular flexibility index (Phi) is 5.50. The van der Waals surface area contributed by atoms with Crippen LogP contribution in [-0.4, -0.2) is 30.1 Å². The van der Waals surface area contributed by atoms with E-state index in [0.29, 0.717) is 21.7 Å². The molecule has 2 aromatic heterocycles. The molecule has 3 aromatic rings. The zero-order chi connectivity index (χ0) is 19.0. The van der Waals surface area contributed by atoms with Gasteiger partial charge in [0.05, 0.1) is 32.1 Å². The number of carbonyl (C=O) groups excluding carboxylic acids is 1. The first-order valence-electron chi connectivity index (χ1n) is 9.11. The monoisotopic (exact) mass is 420 g/mol. The Hall–Kier alpha value is -1.47. The molecular weight excluding hydrogens is 400 g/mol. The van der Waals surface area contributed by atoms with Crippen molar-refractivity contribution in [1.82, 2.24) is 4.98 Å². The van der Waals surface area contributed by atoms with Crippen LogP contribution < -0.4 is 4.90 Å². The summed E-state index contributed by atoms with van der Waals surface area (Å²) in [4.78, 5) is 20.5. The Bertz CT molecular complexity index is 960. The molecule has 1 saturated heterocycles. The van der Waals surface area contributed by atoms with E-state index in [2.05, 4.69) is 32.0 Å². The first-order chi connectivity index (χ1) is 13.0. The smallest absolute Gasteiger partial charge is 0.270 e. The Balaban J connectivity index is 1.74. The average Bonchev–Trinajstić information content (AvgIpc) is 3.38. The van der Waals surface area contributed by atoms with Crippen LogP contribution in [-0.2, 0) is 4.74 Å². The van der Waals surface area contributed by atoms with Gasteiger partial charge in [0, 0.05) is 6.61 Å². The fourth-order valence-electron chi connectivity index (χ4n) is 3.34. The zero-order valence-electron chi connectivity index (χ0n) is 15.3. The van der Waals surface area contributed by atoms with E-state index in [1.807, 2.05) is 0 Å². The van der Waals surface area contributed by atoms with Crippen molar-refractivity contribution in [2.24, 2.45) is 0 Å². The summed E-state index contributed by atoms with van der Waals surface area (Å²) in [5.41, 5.74) is 2.19. The summed E-state index contributed by atoms with van der Waals surface area (Å²) in [5, 5.41) is 0.725. The average molecular weight is 421 g/mol. The predicted molar refractivity (Wildman–Crippen MR) is 114 cm³/mol. The van der Waals surface area contributed by atoms with E-state index in [9.17, 15) is 4.79 Å². The summed E-state index contributed by atoms with van der Waals surface area (Å²) in [5.74, 6) is 0.314. The second-order valence-corrected chi connectivity index (χ2v) is 9.72. The van der Waals surface area contributed by atoms with E-state index in [1.165, 1.54) is 16.9 Å². The number of amides is 1. The number of thiazole rings is 1. The van der Waals surface area contributed by atoms with Gasteiger partial charge in [0.1, 0.15) is 0 Å². The molecule has 0 bridgehead atoms. The number of fused-ring (bicyclic) bond motifs is 1. The fourth-order valence-corrected chi connectivity index (χ4v) is 5.34. The molecule has 7 heteroatoms. The van der Waals surface area contributed by atoms with Crippen molar-refractivity contribution >= 4 is 55.5 Å². The third-order valence-electron chi connectivity index (χ3n) is 4.73. The van der Waals surface area contributed by atoms with Gasteiger partial charge in [-0.25, -0.2) is 4.98 Å². The number of carbonyl (C=O) groups is 1. The molecule has 1 aliphatic rings. The number of rotatable bonds is 5. The lowest BCUT2D eigenvalue weighted by atomic mass is 10.0. The van der Waals surface area contributed by atoms with Crippen molar-refractivity contribution in [3.8, 4) is 0 Å². The van der Waals surface area contributed by atoms with E-state index in [4.69, 9.17) is 21.3 Å². The van der Waals surface area contributed by atoms with Crippen LogP contribution >= 0.6 is 34.3 Å². The van der Waals surface area contributed by atoms with Crippen LogP contribution in [0.3, 0.4) is 0 Å². The van der Waals surface area contributed by atoms with Crippen LogP contribution in [0.15, 0.2) is 30.3 Å². The van der Waals surface area contributed by atoms with E-state index in [1.54, 1.807) is 28.4 Å². The summed E-state index contributed by atoms with van der Waals surface area (Å²) in [7, 11) is 0. The van der Waals surface area contributed by atoms with Gasteiger partial charge in [-0.3, -0.25) is 9.69 Å². The number of hydrogen-bond acceptors (Lipinski definition) is 5. The highest BCUT2D eigenvalue weighted by Crippen LogP contribution is 2.35. The van der Waals surface area contributed by atoms with Gasteiger partial charge in [-0.2, -0.15) is 0 Å². The minimum Gasteiger partial charge on any atom is -0.376 e. The molecule has 1 aromatic carbocycles. The van der Waals surface area contributed by atoms with Gasteiger partial charge in [-0.05, 0) is 42.5 Å². The number of aromatic nitrogens is 1. The largest absolute Gasteiger partial charge is 0.376 e. The molecule has 1 unspecified atom stereocenters. The van der Waals surface area contributed by atoms with Crippen molar-refractivity contribution in [2.45, 2.75) is 38.7 Å². The van der Waals surface area contributed by atoms with Crippen molar-refractivity contribution in [3.63, 3.8) is 0 Å². The van der Waals surface area contributed by atoms with Crippen molar-refractivity contribution in [2.75, 3.05) is 18.1 Å². The number of ether oxygens (including phenoxy) is 1. The second kappa shape index (κ2) is 7.87. The van der Waals surface area contributed by atoms with Gasteiger partial charge in [0.2, 0.25) is 0 Å². The molecule has 3 heterocycles. The standard InChI is InChI=1S/C20H21ClN2O2S2/c1-12(2)14-6-3-7-15-18(14)22-20(27-15)23(11-13-5-4-10-25-13)19(24)16-8-9-17(21)26-16/h3,6-9,12-13H,4-5,10-11H2,1-2H3. The highest BCUT2D eigenvalue weighted by molar-refractivity contribution is 7.22. The molecule has 1 atom stereocenters. The SMILES string of the molecule is CC(C)c1cccc2sc(N(CC3CCCO3)C(=O)c3ccc(Cl)s3)nc12. The molecule has 0 radical (unpaired) electrons. The van der Waals surface area contributed by atoms with Crippen molar-refractivity contribution in [1.29, 1.82) is 0 Å². The number of hydrogen-bond donors (Lipinski definition) is 0. The number of thiophene rings is 1. The van der Waals surface area contributed by atoms with Gasteiger partial charge in [-0.15, -0.1) is 11.3 Å². The topological polar surface area (TPSA) is 42.4 Å². The van der Waals surface area contributed by atoms with Gasteiger partial charge in [0.25, 0.3) is 5.91 Å². The van der Waals surface area contributed by atoms with Crippen LogP contribution in [0.2, 0.25) is 4.34 Å². The lowest BCUT2D eigenvalue weighted by Crippen LogP contribution is -2.37. The maximum absolute atomic E-state index is 13.2. The summed E-state index contributed by atoms with van der Waals surface area (Å²) in [6.07, 6.45) is 2.06. The van der Waals surface area contributed by atoms with Crippen LogP contribution in [0.4, 0.5) is 5.13 Å². The molecule has 0 saturated carbocycles. The van der Waals surface area contributed by atoms with E-state index in [0.717, 1.165) is 34.8 Å². The van der Waals surface area contributed by atoms with Crippen LogP contribution in [0.5, 0.6) is 0 Å². The van der Waals surface area contributed by atoms with Gasteiger partial charge in [-0.1, -0.05) is 48.9 Å². The molecule has 27 heavy (non-hydrogen) atoms. The maximum atomic E-state index is 13.2. The lowest BCUT2D eigenvalue weighted by Gasteiger charge is -2.22. The Morgan fingerprint density at radius 1 is 1.33 bits per heavy atom. The Morgan fingerprint density at radius 2 is 2.19 bits per heavy atom. The van der Waals surface area contributed by atoms with Crippen LogP contribution in [0, 0.1) is 0 Å². The highest BCUT2D eigenvalue weighted by Gasteiger charge is 2.28. The molecule has 0 spiro atoms. The molecule has 4 nitrogen and oxygen atoms in total. The first-order valence-corrected chi connectivity index (χ1v) is 11.1. The molecule has 0 N–H and O–H groups in total. The number of nitrogens with zero attached hydrogens (tertiary/aromatic N) is 2. The lowest BCUT2D eigenvalue weighted by molar-refractivity contribution is 0.0920.